The summed E-state index contributed by atoms with van der Waals surface area (Å²) in [7, 11) is 0. The number of thiophene rings is 1. The van der Waals surface area contributed by atoms with Crippen molar-refractivity contribution < 1.29 is 14.3 Å². The molecule has 34 heavy (non-hydrogen) atoms. The van der Waals surface area contributed by atoms with E-state index in [1.165, 1.54) is 27.2 Å². The number of para-hydroxylation sites is 1. The van der Waals surface area contributed by atoms with Crippen molar-refractivity contribution in [1.82, 2.24) is 4.57 Å². The van der Waals surface area contributed by atoms with Crippen LogP contribution in [0.4, 0.5) is 5.69 Å². The molecule has 0 spiro atoms. The topological polar surface area (TPSA) is 81.0 Å². The average Bonchev–Trinajstić information content (AvgIpc) is 3.52. The molecular formula is C25H21N3O4S2. The third-order valence-corrected chi connectivity index (χ3v) is 7.75. The van der Waals surface area contributed by atoms with Crippen LogP contribution in [-0.2, 0) is 14.3 Å². The van der Waals surface area contributed by atoms with Crippen LogP contribution in [0.15, 0.2) is 75.5 Å². The fourth-order valence-electron chi connectivity index (χ4n) is 4.37. The number of hydrogen-bond donors (Lipinski definition) is 0. The first-order valence-corrected chi connectivity index (χ1v) is 12.4. The number of esters is 1. The van der Waals surface area contributed by atoms with E-state index in [4.69, 9.17) is 4.74 Å². The Morgan fingerprint density at radius 1 is 1.24 bits per heavy atom. The molecule has 4 heterocycles. The van der Waals surface area contributed by atoms with Crippen LogP contribution in [0.2, 0.25) is 0 Å². The molecule has 0 radical (unpaired) electrons. The molecule has 1 amide bonds. The molecule has 1 aromatic carbocycles. The fraction of sp³-hybridized carbons (Fsp3) is 0.200. The van der Waals surface area contributed by atoms with Gasteiger partial charge in [0.05, 0.1) is 29.1 Å². The van der Waals surface area contributed by atoms with E-state index in [2.05, 4.69) is 11.6 Å². The van der Waals surface area contributed by atoms with Gasteiger partial charge in [0.15, 0.2) is 4.80 Å². The molecular weight excluding hydrogens is 470 g/mol. The van der Waals surface area contributed by atoms with Crippen molar-refractivity contribution in [3.8, 4) is 0 Å². The molecule has 0 saturated heterocycles. The highest BCUT2D eigenvalue weighted by Crippen LogP contribution is 2.36. The minimum atomic E-state index is -0.666. The lowest BCUT2D eigenvalue weighted by Gasteiger charge is -2.23. The second kappa shape index (κ2) is 8.66. The van der Waals surface area contributed by atoms with Gasteiger partial charge in [-0.1, -0.05) is 41.7 Å². The van der Waals surface area contributed by atoms with Gasteiger partial charge in [-0.05, 0) is 31.4 Å². The summed E-state index contributed by atoms with van der Waals surface area (Å²) in [6, 6.07) is 10.5. The zero-order valence-electron chi connectivity index (χ0n) is 18.6. The van der Waals surface area contributed by atoms with Crippen molar-refractivity contribution in [2.24, 2.45) is 4.99 Å². The Hall–Kier alpha value is -3.56. The van der Waals surface area contributed by atoms with Gasteiger partial charge in [0, 0.05) is 17.0 Å². The summed E-state index contributed by atoms with van der Waals surface area (Å²) in [5.74, 6) is -0.750. The van der Waals surface area contributed by atoms with Gasteiger partial charge < -0.3 is 9.64 Å². The van der Waals surface area contributed by atoms with E-state index in [-0.39, 0.29) is 18.1 Å². The zero-order valence-corrected chi connectivity index (χ0v) is 20.2. The third kappa shape index (κ3) is 3.31. The number of anilines is 1. The Kier molecular flexibility index (Phi) is 5.66. The van der Waals surface area contributed by atoms with E-state index < -0.39 is 12.0 Å². The maximum Gasteiger partial charge on any atom is 0.338 e. The average molecular weight is 492 g/mol. The van der Waals surface area contributed by atoms with E-state index in [0.29, 0.717) is 38.3 Å². The van der Waals surface area contributed by atoms with Gasteiger partial charge in [0.25, 0.3) is 11.5 Å². The largest absolute Gasteiger partial charge is 0.463 e. The summed E-state index contributed by atoms with van der Waals surface area (Å²) in [5, 5.41) is 1.90. The van der Waals surface area contributed by atoms with E-state index >= 15 is 0 Å². The first kappa shape index (κ1) is 22.2. The van der Waals surface area contributed by atoms with Crippen LogP contribution in [0.25, 0.3) is 5.57 Å². The first-order chi connectivity index (χ1) is 16.5. The van der Waals surface area contributed by atoms with Crippen molar-refractivity contribution in [2.75, 3.05) is 18.1 Å². The molecule has 2 aliphatic heterocycles. The molecule has 2 aliphatic rings. The number of fused-ring (bicyclic) bond motifs is 2. The molecule has 7 nitrogen and oxygen atoms in total. The maximum absolute atomic E-state index is 13.9. The van der Waals surface area contributed by atoms with Crippen molar-refractivity contribution >= 4 is 45.8 Å². The number of carbonyl (C=O) groups excluding carboxylic acids is 2. The van der Waals surface area contributed by atoms with Crippen LogP contribution in [-0.4, -0.2) is 29.6 Å². The quantitative estimate of drug-likeness (QED) is 0.406. The van der Waals surface area contributed by atoms with Crippen LogP contribution >= 0.6 is 22.7 Å². The maximum atomic E-state index is 13.9. The summed E-state index contributed by atoms with van der Waals surface area (Å²) >= 11 is 2.62. The number of amides is 1. The van der Waals surface area contributed by atoms with Crippen molar-refractivity contribution in [3.63, 3.8) is 0 Å². The molecule has 0 saturated carbocycles. The monoisotopic (exact) mass is 491 g/mol. The standard InChI is InChI=1S/C25H21N3O4S2/c1-4-12-27-16-10-7-6-9-15(16)19(22(27)29)21-23(30)28-20(17-11-8-13-33-17)18(24(31)32-5-2)14(3)26-25(28)34-21/h4,6-11,13,20H,1,5,12H2,2-3H3/b21-19-/t20-/m1/s1. The van der Waals surface area contributed by atoms with Gasteiger partial charge in [-0.15, -0.1) is 17.9 Å². The van der Waals surface area contributed by atoms with Crippen LogP contribution in [0.3, 0.4) is 0 Å². The number of aromatic nitrogens is 1. The number of benzene rings is 1. The minimum absolute atomic E-state index is 0.214. The van der Waals surface area contributed by atoms with E-state index in [0.717, 1.165) is 10.6 Å². The minimum Gasteiger partial charge on any atom is -0.463 e. The molecule has 172 valence electrons. The molecule has 1 atom stereocenters. The number of carbonyl (C=O) groups is 2. The van der Waals surface area contributed by atoms with Crippen LogP contribution in [0.1, 0.15) is 30.3 Å². The predicted octanol–water partition coefficient (Wildman–Crippen LogP) is 2.76. The van der Waals surface area contributed by atoms with Gasteiger partial charge in [0.1, 0.15) is 10.6 Å². The van der Waals surface area contributed by atoms with E-state index in [9.17, 15) is 14.4 Å². The predicted molar refractivity (Wildman–Crippen MR) is 133 cm³/mol. The van der Waals surface area contributed by atoms with Gasteiger partial charge in [-0.2, -0.15) is 0 Å². The molecule has 5 rings (SSSR count). The molecule has 0 N–H and O–H groups in total. The van der Waals surface area contributed by atoms with E-state index in [1.807, 2.05) is 41.8 Å². The summed E-state index contributed by atoms with van der Waals surface area (Å²) in [4.78, 5) is 47.7. The summed E-state index contributed by atoms with van der Waals surface area (Å²) in [6.45, 7) is 7.79. The summed E-state index contributed by atoms with van der Waals surface area (Å²) in [5.41, 5.74) is 2.28. The molecule has 2 aromatic heterocycles. The van der Waals surface area contributed by atoms with Crippen molar-refractivity contribution in [1.29, 1.82) is 0 Å². The first-order valence-electron chi connectivity index (χ1n) is 10.8. The lowest BCUT2D eigenvalue weighted by atomic mass is 10.0. The molecule has 0 fully saturated rings. The second-order valence-corrected chi connectivity index (χ2v) is 9.69. The Bertz CT molecular complexity index is 1540. The Labute approximate surface area is 203 Å². The summed E-state index contributed by atoms with van der Waals surface area (Å²) in [6.07, 6.45) is 1.66. The second-order valence-electron chi connectivity index (χ2n) is 7.73. The van der Waals surface area contributed by atoms with E-state index in [1.54, 1.807) is 24.8 Å². The highest BCUT2D eigenvalue weighted by molar-refractivity contribution is 7.10. The highest BCUT2D eigenvalue weighted by atomic mass is 32.1. The number of allylic oxidation sites excluding steroid dienone is 1. The molecule has 3 aromatic rings. The molecule has 0 aliphatic carbocycles. The Morgan fingerprint density at radius 2 is 2.03 bits per heavy atom. The molecule has 0 unspecified atom stereocenters. The van der Waals surface area contributed by atoms with Crippen molar-refractivity contribution in [3.05, 3.63) is 95.8 Å². The van der Waals surface area contributed by atoms with Crippen LogP contribution < -0.4 is 19.8 Å². The molecule has 9 heteroatoms. The van der Waals surface area contributed by atoms with Crippen molar-refractivity contribution in [2.45, 2.75) is 19.9 Å². The number of nitrogens with zero attached hydrogens (tertiary/aromatic N) is 3. The Balaban J connectivity index is 1.81. The number of thiazole rings is 1. The number of rotatable bonds is 5. The zero-order chi connectivity index (χ0) is 24.0. The van der Waals surface area contributed by atoms with Gasteiger partial charge >= 0.3 is 5.97 Å². The Morgan fingerprint density at radius 3 is 2.74 bits per heavy atom. The lowest BCUT2D eigenvalue weighted by molar-refractivity contribution is -0.139. The lowest BCUT2D eigenvalue weighted by Crippen LogP contribution is -2.40. The fourth-order valence-corrected chi connectivity index (χ4v) is 6.33. The summed E-state index contributed by atoms with van der Waals surface area (Å²) < 4.78 is 7.13. The van der Waals surface area contributed by atoms with Gasteiger partial charge in [0.2, 0.25) is 0 Å². The number of hydrogen-bond acceptors (Lipinski definition) is 7. The highest BCUT2D eigenvalue weighted by Gasteiger charge is 2.37. The van der Waals surface area contributed by atoms with Gasteiger partial charge in [-0.25, -0.2) is 9.79 Å². The smallest absolute Gasteiger partial charge is 0.338 e. The van der Waals surface area contributed by atoms with Gasteiger partial charge in [-0.3, -0.25) is 14.2 Å². The third-order valence-electron chi connectivity index (χ3n) is 5.77. The van der Waals surface area contributed by atoms with Crippen LogP contribution in [0.5, 0.6) is 0 Å². The van der Waals surface area contributed by atoms with Crippen LogP contribution in [0, 0.1) is 0 Å². The SMILES string of the molecule is C=CCN1C(=O)/C(=c2\sc3n(c2=O)[C@H](c2cccs2)C(C(=O)OCC)=C(C)N=3)c2ccccc21. The normalized spacial score (nSPS) is 18.5. The molecule has 0 bridgehead atoms. The number of ether oxygens (including phenoxy) is 1.